The minimum Gasteiger partial charge on any atom is -0.345 e. The van der Waals surface area contributed by atoms with Crippen LogP contribution in [0, 0.1) is 0 Å². The zero-order chi connectivity index (χ0) is 20.1. The van der Waals surface area contributed by atoms with E-state index in [1.807, 2.05) is 89.6 Å². The normalized spacial score (nSPS) is 11.6. The van der Waals surface area contributed by atoms with Crippen molar-refractivity contribution in [2.75, 3.05) is 0 Å². The van der Waals surface area contributed by atoms with Gasteiger partial charge < -0.3 is 14.1 Å². The summed E-state index contributed by atoms with van der Waals surface area (Å²) in [5.74, 6) is -0.218. The Hall–Kier alpha value is -4.19. The largest absolute Gasteiger partial charge is 0.345 e. The Kier molecular flexibility index (Phi) is 3.58. The summed E-state index contributed by atoms with van der Waals surface area (Å²) in [5, 5.41) is 3.02. The zero-order valence-corrected chi connectivity index (χ0v) is 16.0. The Labute approximate surface area is 171 Å². The van der Waals surface area contributed by atoms with Gasteiger partial charge in [0, 0.05) is 12.4 Å². The molecule has 0 fully saturated rings. The van der Waals surface area contributed by atoms with E-state index in [0.717, 1.165) is 38.8 Å². The number of nitrogens with zero attached hydrogens (tertiary/aromatic N) is 4. The first-order chi connectivity index (χ1) is 14.8. The summed E-state index contributed by atoms with van der Waals surface area (Å²) in [5.41, 5.74) is 6.68. The number of benzene rings is 2. The number of carbonyl (C=O) groups is 1. The molecule has 0 unspecified atom stereocenters. The van der Waals surface area contributed by atoms with E-state index < -0.39 is 0 Å². The van der Waals surface area contributed by atoms with E-state index in [9.17, 15) is 4.79 Å². The molecule has 6 nitrogen and oxygen atoms in total. The third kappa shape index (κ3) is 2.47. The Bertz CT molecular complexity index is 1580. The van der Waals surface area contributed by atoms with Crippen LogP contribution in [0.4, 0.5) is 0 Å². The average molecular weight is 391 g/mol. The number of fused-ring (bicyclic) bond motifs is 6. The van der Waals surface area contributed by atoms with Crippen molar-refractivity contribution >= 4 is 39.0 Å². The lowest BCUT2D eigenvalue weighted by molar-refractivity contribution is 0.0947. The van der Waals surface area contributed by atoms with Crippen molar-refractivity contribution in [1.82, 2.24) is 24.1 Å². The molecule has 0 aliphatic rings. The van der Waals surface area contributed by atoms with Crippen molar-refractivity contribution in [2.24, 2.45) is 0 Å². The number of hydrogen-bond donors (Lipinski definition) is 1. The lowest BCUT2D eigenvalue weighted by Gasteiger charge is -2.11. The van der Waals surface area contributed by atoms with Crippen molar-refractivity contribution in [3.05, 3.63) is 96.6 Å². The molecule has 144 valence electrons. The summed E-state index contributed by atoms with van der Waals surface area (Å²) >= 11 is 0. The van der Waals surface area contributed by atoms with Crippen LogP contribution in [0.1, 0.15) is 16.2 Å². The second-order valence-corrected chi connectivity index (χ2v) is 7.21. The van der Waals surface area contributed by atoms with Crippen LogP contribution in [-0.4, -0.2) is 24.7 Å². The van der Waals surface area contributed by atoms with E-state index in [0.29, 0.717) is 12.2 Å². The summed E-state index contributed by atoms with van der Waals surface area (Å²) in [6.45, 7) is 0.318. The summed E-state index contributed by atoms with van der Waals surface area (Å²) in [6.07, 6.45) is 3.96. The Morgan fingerprint density at radius 2 is 1.27 bits per heavy atom. The van der Waals surface area contributed by atoms with Crippen LogP contribution in [0.2, 0.25) is 0 Å². The highest BCUT2D eigenvalue weighted by atomic mass is 16.1. The van der Waals surface area contributed by atoms with Gasteiger partial charge in [-0.1, -0.05) is 24.3 Å². The van der Waals surface area contributed by atoms with Crippen LogP contribution >= 0.6 is 0 Å². The molecular weight excluding hydrogens is 374 g/mol. The van der Waals surface area contributed by atoms with Crippen LogP contribution in [0.5, 0.6) is 0 Å². The Morgan fingerprint density at radius 3 is 2.00 bits per heavy atom. The smallest absolute Gasteiger partial charge is 0.272 e. The van der Waals surface area contributed by atoms with E-state index >= 15 is 0 Å². The molecule has 30 heavy (non-hydrogen) atoms. The molecule has 0 aliphatic heterocycles. The van der Waals surface area contributed by atoms with Gasteiger partial charge in [-0.15, -0.1) is 0 Å². The molecule has 0 atom stereocenters. The molecule has 0 saturated heterocycles. The second kappa shape index (κ2) is 6.42. The van der Waals surface area contributed by atoms with Crippen LogP contribution in [-0.2, 0) is 6.54 Å². The monoisotopic (exact) mass is 391 g/mol. The minimum absolute atomic E-state index is 0.218. The lowest BCUT2D eigenvalue weighted by Crippen LogP contribution is -2.25. The SMILES string of the molecule is O=C(NCc1nc2ccccc2n2cccc12)c1nc2ccccc2n2cccc12. The molecule has 6 aromatic rings. The van der Waals surface area contributed by atoms with Crippen LogP contribution in [0.25, 0.3) is 33.1 Å². The van der Waals surface area contributed by atoms with Gasteiger partial charge in [-0.05, 0) is 48.5 Å². The zero-order valence-electron chi connectivity index (χ0n) is 16.0. The number of aromatic nitrogens is 4. The van der Waals surface area contributed by atoms with Gasteiger partial charge >= 0.3 is 0 Å². The summed E-state index contributed by atoms with van der Waals surface area (Å²) in [7, 11) is 0. The van der Waals surface area contributed by atoms with Crippen molar-refractivity contribution < 1.29 is 4.79 Å². The van der Waals surface area contributed by atoms with Crippen LogP contribution < -0.4 is 5.32 Å². The third-order valence-electron chi connectivity index (χ3n) is 5.44. The van der Waals surface area contributed by atoms with E-state index in [1.54, 1.807) is 0 Å². The Balaban J connectivity index is 1.40. The number of carbonyl (C=O) groups excluding carboxylic acids is 1. The first-order valence-electron chi connectivity index (χ1n) is 9.78. The fourth-order valence-electron chi connectivity index (χ4n) is 4.06. The molecule has 1 amide bonds. The number of amides is 1. The summed E-state index contributed by atoms with van der Waals surface area (Å²) in [4.78, 5) is 22.5. The molecule has 6 rings (SSSR count). The van der Waals surface area contributed by atoms with Gasteiger partial charge in [-0.2, -0.15) is 0 Å². The quantitative estimate of drug-likeness (QED) is 0.491. The van der Waals surface area contributed by atoms with Crippen molar-refractivity contribution in [2.45, 2.75) is 6.54 Å². The number of rotatable bonds is 3. The molecule has 1 N–H and O–H groups in total. The first kappa shape index (κ1) is 16.7. The van der Waals surface area contributed by atoms with E-state index in [2.05, 4.69) is 14.7 Å². The number of nitrogens with one attached hydrogen (secondary N) is 1. The third-order valence-corrected chi connectivity index (χ3v) is 5.44. The highest BCUT2D eigenvalue weighted by Crippen LogP contribution is 2.21. The highest BCUT2D eigenvalue weighted by Gasteiger charge is 2.16. The molecular formula is C24H17N5O. The molecule has 0 radical (unpaired) electrons. The van der Waals surface area contributed by atoms with Crippen molar-refractivity contribution in [3.8, 4) is 0 Å². The van der Waals surface area contributed by atoms with Gasteiger partial charge in [0.25, 0.3) is 5.91 Å². The molecule has 0 bridgehead atoms. The van der Waals surface area contributed by atoms with Gasteiger partial charge in [0.05, 0.1) is 45.3 Å². The predicted octanol–water partition coefficient (Wildman–Crippen LogP) is 4.22. The predicted molar refractivity (Wildman–Crippen MR) is 117 cm³/mol. The van der Waals surface area contributed by atoms with E-state index in [4.69, 9.17) is 4.98 Å². The van der Waals surface area contributed by atoms with E-state index in [1.165, 1.54) is 0 Å². The van der Waals surface area contributed by atoms with Gasteiger partial charge in [0.15, 0.2) is 5.69 Å². The first-order valence-corrected chi connectivity index (χ1v) is 9.78. The van der Waals surface area contributed by atoms with Gasteiger partial charge in [0.1, 0.15) is 0 Å². The fourth-order valence-corrected chi connectivity index (χ4v) is 4.06. The highest BCUT2D eigenvalue weighted by molar-refractivity contribution is 6.01. The number of hydrogen-bond acceptors (Lipinski definition) is 3. The maximum atomic E-state index is 13.1. The molecule has 2 aromatic carbocycles. The fraction of sp³-hybridized carbons (Fsp3) is 0.0417. The van der Waals surface area contributed by atoms with Gasteiger partial charge in [-0.25, -0.2) is 9.97 Å². The molecule has 0 aliphatic carbocycles. The van der Waals surface area contributed by atoms with Gasteiger partial charge in [-0.3, -0.25) is 4.79 Å². The van der Waals surface area contributed by atoms with Crippen LogP contribution in [0.15, 0.2) is 85.2 Å². The van der Waals surface area contributed by atoms with E-state index in [-0.39, 0.29) is 5.91 Å². The standard InChI is InChI=1S/C24H17N5O/c30-24(23-22-12-6-14-29(22)20-10-4-2-8-17(20)27-23)25-15-18-21-11-5-13-28(21)19-9-3-1-7-16(19)26-18/h1-14H,15H2,(H,25,30). The molecule has 4 aromatic heterocycles. The average Bonchev–Trinajstić information content (AvgIpc) is 3.47. The summed E-state index contributed by atoms with van der Waals surface area (Å²) < 4.78 is 4.10. The second-order valence-electron chi connectivity index (χ2n) is 7.21. The Morgan fingerprint density at radius 1 is 0.700 bits per heavy atom. The maximum Gasteiger partial charge on any atom is 0.272 e. The summed E-state index contributed by atoms with van der Waals surface area (Å²) in [6, 6.07) is 23.6. The van der Waals surface area contributed by atoms with Crippen molar-refractivity contribution in [3.63, 3.8) is 0 Å². The molecule has 4 heterocycles. The van der Waals surface area contributed by atoms with Gasteiger partial charge in [0.2, 0.25) is 0 Å². The molecule has 6 heteroatoms. The lowest BCUT2D eigenvalue weighted by atomic mass is 10.2. The van der Waals surface area contributed by atoms with Crippen LogP contribution in [0.3, 0.4) is 0 Å². The maximum absolute atomic E-state index is 13.1. The topological polar surface area (TPSA) is 63.7 Å². The molecule has 0 spiro atoms. The molecule has 0 saturated carbocycles. The number of para-hydroxylation sites is 4. The minimum atomic E-state index is -0.218. The van der Waals surface area contributed by atoms with Crippen molar-refractivity contribution in [1.29, 1.82) is 0 Å².